The molecule has 2 N–H and O–H groups in total. The van der Waals surface area contributed by atoms with E-state index in [0.29, 0.717) is 13.1 Å². The van der Waals surface area contributed by atoms with Crippen LogP contribution < -0.4 is 10.6 Å². The number of amides is 2. The summed E-state index contributed by atoms with van der Waals surface area (Å²) in [5.41, 5.74) is 0. The van der Waals surface area contributed by atoms with Crippen LogP contribution in [0, 0.1) is 0 Å². The summed E-state index contributed by atoms with van der Waals surface area (Å²) in [5, 5.41) is 5.82. The predicted molar refractivity (Wildman–Crippen MR) is 194 cm³/mol. The average Bonchev–Trinajstić information content (AvgIpc) is 3.03. The lowest BCUT2D eigenvalue weighted by molar-refractivity contribution is -0.118. The Kier molecular flexibility index (Phi) is 36.7. The minimum absolute atomic E-state index is 0.163. The Labute approximate surface area is 276 Å². The lowest BCUT2D eigenvalue weighted by Crippen LogP contribution is -2.25. The molecule has 0 bridgehead atoms. The minimum Gasteiger partial charge on any atom is -0.353 e. The van der Waals surface area contributed by atoms with Crippen LogP contribution >= 0.6 is 0 Å². The van der Waals surface area contributed by atoms with E-state index in [4.69, 9.17) is 0 Å². The summed E-state index contributed by atoms with van der Waals surface area (Å²) in [6.07, 6.45) is 46.0. The van der Waals surface area contributed by atoms with Crippen molar-refractivity contribution in [3.8, 4) is 0 Å². The molecule has 0 atom stereocenters. The van der Waals surface area contributed by atoms with Crippen LogP contribution in [0.1, 0.15) is 219 Å². The molecule has 0 aromatic rings. The van der Waals surface area contributed by atoms with Crippen LogP contribution in [0.2, 0.25) is 0 Å². The molecule has 4 nitrogen and oxygen atoms in total. The molecular weight excluding hydrogens is 540 g/mol. The molecule has 0 aromatic heterocycles. The van der Waals surface area contributed by atoms with Crippen molar-refractivity contribution < 1.29 is 9.59 Å². The molecule has 0 spiro atoms. The van der Waals surface area contributed by atoms with Crippen LogP contribution in [-0.2, 0) is 9.59 Å². The van der Waals surface area contributed by atoms with E-state index in [-0.39, 0.29) is 11.8 Å². The van der Waals surface area contributed by atoms with Gasteiger partial charge in [-0.05, 0) is 12.8 Å². The maximum Gasteiger partial charge on any atom is 0.244 e. The van der Waals surface area contributed by atoms with E-state index in [1.165, 1.54) is 205 Å². The molecule has 0 rings (SSSR count). The summed E-state index contributed by atoms with van der Waals surface area (Å²) in [6, 6.07) is 0. The first-order valence-electron chi connectivity index (χ1n) is 19.9. The van der Waals surface area contributed by atoms with Gasteiger partial charge in [0.2, 0.25) is 11.8 Å². The zero-order valence-electron chi connectivity index (χ0n) is 30.0. The van der Waals surface area contributed by atoms with Crippen molar-refractivity contribution in [3.63, 3.8) is 0 Å². The van der Waals surface area contributed by atoms with Crippen LogP contribution in [0.5, 0.6) is 0 Å². The van der Waals surface area contributed by atoms with Gasteiger partial charge in [0.25, 0.3) is 0 Å². The fourth-order valence-corrected chi connectivity index (χ4v) is 6.04. The summed E-state index contributed by atoms with van der Waals surface area (Å²) < 4.78 is 0. The minimum atomic E-state index is -0.163. The van der Waals surface area contributed by atoms with Crippen molar-refractivity contribution in [1.82, 2.24) is 10.6 Å². The monoisotopic (exact) mass is 619 g/mol. The third-order valence-electron chi connectivity index (χ3n) is 9.05. The van der Waals surface area contributed by atoms with Crippen molar-refractivity contribution in [2.75, 3.05) is 13.1 Å². The summed E-state index contributed by atoms with van der Waals surface area (Å²) in [5.74, 6) is -0.327. The Morgan fingerprint density at radius 1 is 0.318 bits per heavy atom. The van der Waals surface area contributed by atoms with E-state index in [0.717, 1.165) is 12.8 Å². The molecule has 0 aliphatic rings. The van der Waals surface area contributed by atoms with Crippen LogP contribution in [0.3, 0.4) is 0 Å². The van der Waals surface area contributed by atoms with Gasteiger partial charge in [0, 0.05) is 25.2 Å². The Morgan fingerprint density at radius 3 is 0.705 bits per heavy atom. The summed E-state index contributed by atoms with van der Waals surface area (Å²) in [7, 11) is 0. The van der Waals surface area contributed by atoms with Crippen molar-refractivity contribution >= 4 is 11.8 Å². The smallest absolute Gasteiger partial charge is 0.244 e. The number of nitrogens with one attached hydrogen (secondary N) is 2. The SMILES string of the molecule is CCCCCCCCCCCCCCCCCCNC(=O)/C=C\C(=O)NCCCCCCCCCCCCCCCCCC. The molecule has 0 saturated carbocycles. The van der Waals surface area contributed by atoms with Crippen molar-refractivity contribution in [2.45, 2.75) is 219 Å². The van der Waals surface area contributed by atoms with Gasteiger partial charge in [-0.2, -0.15) is 0 Å². The highest BCUT2D eigenvalue weighted by Crippen LogP contribution is 2.15. The van der Waals surface area contributed by atoms with Gasteiger partial charge in [0.15, 0.2) is 0 Å². The number of carbonyl (C=O) groups excluding carboxylic acids is 2. The Balaban J connectivity index is 3.32. The second kappa shape index (κ2) is 37.9. The molecule has 4 heteroatoms. The van der Waals surface area contributed by atoms with Gasteiger partial charge in [0.05, 0.1) is 0 Å². The first kappa shape index (κ1) is 42.7. The molecule has 0 radical (unpaired) electrons. The highest BCUT2D eigenvalue weighted by Gasteiger charge is 2.00. The van der Waals surface area contributed by atoms with Crippen molar-refractivity contribution in [1.29, 1.82) is 0 Å². The maximum absolute atomic E-state index is 12.0. The van der Waals surface area contributed by atoms with E-state index in [9.17, 15) is 9.59 Å². The van der Waals surface area contributed by atoms with E-state index >= 15 is 0 Å². The van der Waals surface area contributed by atoms with E-state index in [2.05, 4.69) is 24.5 Å². The lowest BCUT2D eigenvalue weighted by atomic mass is 10.0. The first-order chi connectivity index (χ1) is 21.7. The fourth-order valence-electron chi connectivity index (χ4n) is 6.04. The second-order valence-corrected chi connectivity index (χ2v) is 13.5. The number of rotatable bonds is 36. The average molecular weight is 619 g/mol. The standard InChI is InChI=1S/C40H78N2O2/c1-3-5-7-9-11-13-15-17-19-21-23-25-27-29-31-33-37-41-39(43)35-36-40(44)42-38-34-32-30-28-26-24-22-20-18-16-14-12-10-8-6-4-2/h35-36H,3-34,37-38H2,1-2H3,(H,41,43)(H,42,44)/b36-35-. The third kappa shape index (κ3) is 36.9. The molecule has 0 aromatic carbocycles. The van der Waals surface area contributed by atoms with Gasteiger partial charge in [-0.3, -0.25) is 9.59 Å². The number of hydrogen-bond donors (Lipinski definition) is 2. The number of hydrogen-bond acceptors (Lipinski definition) is 2. The summed E-state index contributed by atoms with van der Waals surface area (Å²) in [6.45, 7) is 5.96. The van der Waals surface area contributed by atoms with Crippen LogP contribution in [0.15, 0.2) is 12.2 Å². The summed E-state index contributed by atoms with van der Waals surface area (Å²) >= 11 is 0. The zero-order chi connectivity index (χ0) is 32.0. The molecule has 44 heavy (non-hydrogen) atoms. The Bertz CT molecular complexity index is 566. The van der Waals surface area contributed by atoms with Crippen molar-refractivity contribution in [3.05, 3.63) is 12.2 Å². The molecule has 260 valence electrons. The molecule has 0 aliphatic carbocycles. The quantitative estimate of drug-likeness (QED) is 0.0542. The number of unbranched alkanes of at least 4 members (excludes halogenated alkanes) is 30. The van der Waals surface area contributed by atoms with Gasteiger partial charge in [-0.15, -0.1) is 0 Å². The topological polar surface area (TPSA) is 58.2 Å². The fraction of sp³-hybridized carbons (Fsp3) is 0.900. The normalized spacial score (nSPS) is 11.4. The van der Waals surface area contributed by atoms with Gasteiger partial charge < -0.3 is 10.6 Å². The van der Waals surface area contributed by atoms with Crippen LogP contribution in [0.25, 0.3) is 0 Å². The zero-order valence-corrected chi connectivity index (χ0v) is 30.0. The van der Waals surface area contributed by atoms with Crippen LogP contribution in [-0.4, -0.2) is 24.9 Å². The molecule has 0 fully saturated rings. The van der Waals surface area contributed by atoms with E-state index < -0.39 is 0 Å². The highest BCUT2D eigenvalue weighted by molar-refractivity contribution is 5.96. The predicted octanol–water partition coefficient (Wildman–Crippen LogP) is 12.3. The Hall–Kier alpha value is -1.32. The van der Waals surface area contributed by atoms with Gasteiger partial charge in [-0.1, -0.05) is 206 Å². The number of carbonyl (C=O) groups is 2. The third-order valence-corrected chi connectivity index (χ3v) is 9.05. The lowest BCUT2D eigenvalue weighted by Gasteiger charge is -2.05. The largest absolute Gasteiger partial charge is 0.353 e. The second-order valence-electron chi connectivity index (χ2n) is 13.5. The van der Waals surface area contributed by atoms with E-state index in [1.807, 2.05) is 0 Å². The van der Waals surface area contributed by atoms with Gasteiger partial charge in [0.1, 0.15) is 0 Å². The van der Waals surface area contributed by atoms with Gasteiger partial charge in [-0.25, -0.2) is 0 Å². The first-order valence-corrected chi connectivity index (χ1v) is 19.9. The molecule has 2 amide bonds. The Morgan fingerprint density at radius 2 is 0.500 bits per heavy atom. The molecule has 0 heterocycles. The maximum atomic E-state index is 12.0. The van der Waals surface area contributed by atoms with E-state index in [1.54, 1.807) is 0 Å². The van der Waals surface area contributed by atoms with Crippen LogP contribution in [0.4, 0.5) is 0 Å². The van der Waals surface area contributed by atoms with Gasteiger partial charge >= 0.3 is 0 Å². The van der Waals surface area contributed by atoms with Crippen molar-refractivity contribution in [2.24, 2.45) is 0 Å². The molecule has 0 saturated heterocycles. The molecule has 0 aliphatic heterocycles. The molecular formula is C40H78N2O2. The summed E-state index contributed by atoms with van der Waals surface area (Å²) in [4.78, 5) is 23.9. The molecule has 0 unspecified atom stereocenters. The highest BCUT2D eigenvalue weighted by atomic mass is 16.2.